The van der Waals surface area contributed by atoms with Gasteiger partial charge in [-0.15, -0.1) is 0 Å². The minimum atomic E-state index is -0.430. The lowest BCUT2D eigenvalue weighted by molar-refractivity contribution is 0.778. The second-order valence-corrected chi connectivity index (χ2v) is 14.8. The van der Waals surface area contributed by atoms with Crippen LogP contribution in [0.1, 0.15) is 89.0 Å². The minimum absolute atomic E-state index is 0.430. The number of hydrogen-bond donors (Lipinski definition) is 0. The van der Waals surface area contributed by atoms with E-state index in [1.165, 1.54) is 133 Å². The van der Waals surface area contributed by atoms with Crippen LogP contribution in [0, 0.1) is 83.1 Å². The normalized spacial score (nSPS) is 14.0. The zero-order valence-corrected chi connectivity index (χ0v) is 30.3. The van der Waals surface area contributed by atoms with Gasteiger partial charge in [-0.3, -0.25) is 0 Å². The quantitative estimate of drug-likeness (QED) is 0.150. The van der Waals surface area contributed by atoms with Crippen molar-refractivity contribution in [2.45, 2.75) is 88.5 Å². The van der Waals surface area contributed by atoms with Crippen molar-refractivity contribution in [3.8, 4) is 22.3 Å². The highest BCUT2D eigenvalue weighted by atomic mass is 14.5. The molecule has 0 saturated heterocycles. The predicted octanol–water partition coefficient (Wildman–Crippen LogP) is 12.7. The van der Waals surface area contributed by atoms with E-state index in [1.807, 2.05) is 0 Å². The van der Waals surface area contributed by atoms with Gasteiger partial charge in [-0.1, -0.05) is 60.7 Å². The van der Waals surface area contributed by atoms with E-state index in [9.17, 15) is 0 Å². The average molecular weight is 611 g/mol. The molecule has 47 heavy (non-hydrogen) atoms. The van der Waals surface area contributed by atoms with E-state index >= 15 is 0 Å². The predicted molar refractivity (Wildman–Crippen MR) is 205 cm³/mol. The van der Waals surface area contributed by atoms with E-state index in [-0.39, 0.29) is 0 Å². The first-order valence-corrected chi connectivity index (χ1v) is 17.3. The maximum atomic E-state index is 2.60. The van der Waals surface area contributed by atoms with Crippen LogP contribution in [0.5, 0.6) is 0 Å². The molecular weight excluding hydrogens is 565 g/mol. The van der Waals surface area contributed by atoms with Crippen LogP contribution in [0.25, 0.3) is 49.9 Å². The minimum Gasteiger partial charge on any atom is -0.0645 e. The Hall–Kier alpha value is -4.42. The number of hydrogen-bond acceptors (Lipinski definition) is 0. The largest absolute Gasteiger partial charge is 0.0658 e. The van der Waals surface area contributed by atoms with Crippen molar-refractivity contribution in [1.29, 1.82) is 0 Å². The second-order valence-electron chi connectivity index (χ2n) is 14.8. The van der Waals surface area contributed by atoms with Crippen molar-refractivity contribution in [2.24, 2.45) is 0 Å². The van der Waals surface area contributed by atoms with Crippen LogP contribution in [0.2, 0.25) is 0 Å². The van der Waals surface area contributed by atoms with Crippen molar-refractivity contribution >= 4 is 27.6 Å². The lowest BCUT2D eigenvalue weighted by Crippen LogP contribution is -2.30. The molecule has 0 nitrogen and oxygen atoms in total. The molecule has 0 saturated carbocycles. The third kappa shape index (κ3) is 3.49. The maximum absolute atomic E-state index is 2.60. The summed E-state index contributed by atoms with van der Waals surface area (Å²) in [5.41, 5.74) is 28.1. The smallest absolute Gasteiger partial charge is 0.0645 e. The molecule has 0 radical (unpaired) electrons. The van der Waals surface area contributed by atoms with E-state index in [1.54, 1.807) is 0 Å². The van der Waals surface area contributed by atoms with Crippen LogP contribution in [-0.2, 0) is 5.41 Å². The van der Waals surface area contributed by atoms with Crippen molar-refractivity contribution in [3.05, 3.63) is 144 Å². The third-order valence-electron chi connectivity index (χ3n) is 13.2. The highest BCUT2D eigenvalue weighted by Gasteiger charge is 2.48. The van der Waals surface area contributed by atoms with Crippen molar-refractivity contribution in [3.63, 3.8) is 0 Å². The first-order chi connectivity index (χ1) is 22.3. The van der Waals surface area contributed by atoms with Gasteiger partial charge in [-0.2, -0.15) is 0 Å². The monoisotopic (exact) mass is 610 g/mol. The molecule has 0 heterocycles. The van der Waals surface area contributed by atoms with Gasteiger partial charge in [0.1, 0.15) is 0 Å². The molecular formula is C47H46. The van der Waals surface area contributed by atoms with Gasteiger partial charge in [0, 0.05) is 0 Å². The molecule has 0 atom stereocenters. The van der Waals surface area contributed by atoms with Gasteiger partial charge >= 0.3 is 0 Å². The van der Waals surface area contributed by atoms with E-state index in [0.29, 0.717) is 0 Å². The van der Waals surface area contributed by atoms with Gasteiger partial charge in [-0.25, -0.2) is 0 Å². The van der Waals surface area contributed by atoms with E-state index in [2.05, 4.69) is 144 Å². The van der Waals surface area contributed by atoms with Crippen LogP contribution >= 0.6 is 0 Å². The fraction of sp³-hybridized carbons (Fsp3) is 0.277. The first-order valence-electron chi connectivity index (χ1n) is 17.3. The Morgan fingerprint density at radius 1 is 0.362 bits per heavy atom. The highest BCUT2D eigenvalue weighted by molar-refractivity contribution is 6.12. The fourth-order valence-electron chi connectivity index (χ4n) is 9.67. The molecule has 234 valence electrons. The summed E-state index contributed by atoms with van der Waals surface area (Å²) >= 11 is 0. The van der Waals surface area contributed by atoms with Gasteiger partial charge < -0.3 is 0 Å². The molecule has 0 aromatic heterocycles. The molecule has 1 spiro atoms. The van der Waals surface area contributed by atoms with E-state index < -0.39 is 5.41 Å². The second kappa shape index (κ2) is 9.80. The number of benzene rings is 6. The molecule has 6 aromatic carbocycles. The Balaban J connectivity index is 1.69. The number of allylic oxidation sites excluding steroid dienone is 1. The molecule has 2 aliphatic carbocycles. The SMILES string of the molecule is Cc1c(C)c(C)c2c(c1C)-c1c(C)c(C)c(C)c(C)c1C1(C=Cc3c1ccc1c3ccc3ccccc31)c1c(C)c(C)c(C)c(C)c1-2. The van der Waals surface area contributed by atoms with Crippen LogP contribution in [0.15, 0.2) is 54.6 Å². The Bertz CT molecular complexity index is 2350. The summed E-state index contributed by atoms with van der Waals surface area (Å²) in [7, 11) is 0. The highest BCUT2D eigenvalue weighted by Crippen LogP contribution is 2.62. The van der Waals surface area contributed by atoms with E-state index in [0.717, 1.165) is 0 Å². The van der Waals surface area contributed by atoms with Gasteiger partial charge in [0.15, 0.2) is 0 Å². The zero-order valence-electron chi connectivity index (χ0n) is 30.3. The summed E-state index contributed by atoms with van der Waals surface area (Å²) in [5.74, 6) is 0. The lowest BCUT2D eigenvalue weighted by atomic mass is 9.64. The lowest BCUT2D eigenvalue weighted by Gasteiger charge is -2.38. The first kappa shape index (κ1) is 29.9. The molecule has 0 unspecified atom stereocenters. The molecule has 0 amide bonds. The van der Waals surface area contributed by atoms with Crippen LogP contribution in [0.4, 0.5) is 0 Å². The Kier molecular flexibility index (Phi) is 6.25. The third-order valence-corrected chi connectivity index (χ3v) is 13.2. The summed E-state index contributed by atoms with van der Waals surface area (Å²) in [6.45, 7) is 28.4. The Labute approximate surface area is 281 Å². The molecule has 0 bridgehead atoms. The molecule has 0 heteroatoms. The van der Waals surface area contributed by atoms with Crippen molar-refractivity contribution in [1.82, 2.24) is 0 Å². The van der Waals surface area contributed by atoms with Crippen LogP contribution < -0.4 is 0 Å². The molecule has 0 fully saturated rings. The summed E-state index contributed by atoms with van der Waals surface area (Å²) in [5, 5.41) is 5.30. The van der Waals surface area contributed by atoms with Crippen LogP contribution in [-0.4, -0.2) is 0 Å². The maximum Gasteiger partial charge on any atom is 0.0658 e. The number of rotatable bonds is 0. The Morgan fingerprint density at radius 2 is 0.809 bits per heavy atom. The molecule has 0 aliphatic heterocycles. The summed E-state index contributed by atoms with van der Waals surface area (Å²) in [6.07, 6.45) is 5.07. The van der Waals surface area contributed by atoms with Crippen molar-refractivity contribution in [2.75, 3.05) is 0 Å². The average Bonchev–Trinajstić information content (AvgIpc) is 3.41. The topological polar surface area (TPSA) is 0 Å². The molecule has 6 aromatic rings. The molecule has 0 N–H and O–H groups in total. The van der Waals surface area contributed by atoms with Crippen LogP contribution in [0.3, 0.4) is 0 Å². The van der Waals surface area contributed by atoms with Gasteiger partial charge in [0.05, 0.1) is 5.41 Å². The standard InChI is InChI=1S/C47H46/c1-23-24(2)30(8)42-41(29(23)7)43-31(9)25(3)27(5)33(11)45(43)47(46-34(12)28(6)26(4)32(10)44(42)46)22-21-39-38-18-17-35-15-13-14-16-36(35)37(38)19-20-40(39)47/h13-22H,1-12H3. The van der Waals surface area contributed by atoms with E-state index in [4.69, 9.17) is 0 Å². The van der Waals surface area contributed by atoms with Crippen molar-refractivity contribution < 1.29 is 0 Å². The van der Waals surface area contributed by atoms with Gasteiger partial charge in [0.25, 0.3) is 0 Å². The fourth-order valence-corrected chi connectivity index (χ4v) is 9.67. The molecule has 8 rings (SSSR count). The van der Waals surface area contributed by atoms with Gasteiger partial charge in [0.2, 0.25) is 0 Å². The Morgan fingerprint density at radius 3 is 1.34 bits per heavy atom. The summed E-state index contributed by atoms with van der Waals surface area (Å²) < 4.78 is 0. The molecule has 2 aliphatic rings. The summed E-state index contributed by atoms with van der Waals surface area (Å²) in [4.78, 5) is 0. The number of fused-ring (bicyclic) bond motifs is 13. The van der Waals surface area contributed by atoms with Gasteiger partial charge in [-0.05, 0) is 216 Å². The summed E-state index contributed by atoms with van der Waals surface area (Å²) in [6, 6.07) is 18.4. The zero-order chi connectivity index (χ0) is 33.4.